The van der Waals surface area contributed by atoms with Gasteiger partial charge in [-0.25, -0.2) is 0 Å². The maximum atomic E-state index is 11.6. The molecule has 1 aromatic heterocycles. The standard InChI is InChI=1S/C11H17N3O2/c1-2-9(12)4-6-14-11(16)8-3-5-13-10(15)7-8/h3,5,7,9H,2,4,6,12H2,1H3,(H,13,15)(H,14,16). The summed E-state index contributed by atoms with van der Waals surface area (Å²) in [6.07, 6.45) is 3.08. The molecule has 1 aromatic rings. The molecule has 1 amide bonds. The Kier molecular flexibility index (Phi) is 4.72. The summed E-state index contributed by atoms with van der Waals surface area (Å²) in [6.45, 7) is 2.53. The van der Waals surface area contributed by atoms with Crippen LogP contribution >= 0.6 is 0 Å². The van der Waals surface area contributed by atoms with Crippen LogP contribution < -0.4 is 16.6 Å². The molecule has 0 saturated heterocycles. The van der Waals surface area contributed by atoms with Gasteiger partial charge in [0.05, 0.1) is 0 Å². The Hall–Kier alpha value is -1.62. The molecule has 1 atom stereocenters. The minimum Gasteiger partial charge on any atom is -0.352 e. The van der Waals surface area contributed by atoms with E-state index < -0.39 is 0 Å². The van der Waals surface area contributed by atoms with Crippen molar-refractivity contribution in [2.24, 2.45) is 5.73 Å². The van der Waals surface area contributed by atoms with Crippen LogP contribution in [0, 0.1) is 0 Å². The van der Waals surface area contributed by atoms with Crippen LogP contribution in [-0.4, -0.2) is 23.5 Å². The maximum Gasteiger partial charge on any atom is 0.251 e. The summed E-state index contributed by atoms with van der Waals surface area (Å²) in [4.78, 5) is 25.0. The normalized spacial score (nSPS) is 12.1. The quantitative estimate of drug-likeness (QED) is 0.667. The van der Waals surface area contributed by atoms with Gasteiger partial charge < -0.3 is 16.0 Å². The van der Waals surface area contributed by atoms with E-state index in [0.717, 1.165) is 12.8 Å². The zero-order chi connectivity index (χ0) is 12.0. The molecule has 0 aliphatic rings. The van der Waals surface area contributed by atoms with Crippen molar-refractivity contribution in [3.63, 3.8) is 0 Å². The third kappa shape index (κ3) is 3.86. The van der Waals surface area contributed by atoms with Gasteiger partial charge in [-0.1, -0.05) is 6.92 Å². The first-order valence-corrected chi connectivity index (χ1v) is 5.36. The molecule has 0 saturated carbocycles. The summed E-state index contributed by atoms with van der Waals surface area (Å²) >= 11 is 0. The number of carbonyl (C=O) groups excluding carboxylic acids is 1. The molecule has 16 heavy (non-hydrogen) atoms. The first-order valence-electron chi connectivity index (χ1n) is 5.36. The van der Waals surface area contributed by atoms with E-state index in [9.17, 15) is 9.59 Å². The highest BCUT2D eigenvalue weighted by atomic mass is 16.2. The molecular formula is C11H17N3O2. The molecule has 0 spiro atoms. The summed E-state index contributed by atoms with van der Waals surface area (Å²) in [7, 11) is 0. The van der Waals surface area contributed by atoms with Crippen molar-refractivity contribution in [3.05, 3.63) is 34.2 Å². The number of hydrogen-bond donors (Lipinski definition) is 3. The van der Waals surface area contributed by atoms with Gasteiger partial charge in [0.2, 0.25) is 5.56 Å². The first-order chi connectivity index (χ1) is 7.63. The van der Waals surface area contributed by atoms with Gasteiger partial charge in [0.25, 0.3) is 5.91 Å². The highest BCUT2D eigenvalue weighted by Crippen LogP contribution is 1.95. The fraction of sp³-hybridized carbons (Fsp3) is 0.455. The first kappa shape index (κ1) is 12.4. The van der Waals surface area contributed by atoms with Gasteiger partial charge in [-0.3, -0.25) is 9.59 Å². The van der Waals surface area contributed by atoms with Crippen molar-refractivity contribution in [1.29, 1.82) is 0 Å². The van der Waals surface area contributed by atoms with E-state index in [2.05, 4.69) is 10.3 Å². The summed E-state index contributed by atoms with van der Waals surface area (Å²) < 4.78 is 0. The summed E-state index contributed by atoms with van der Waals surface area (Å²) in [5.41, 5.74) is 5.81. The van der Waals surface area contributed by atoms with Crippen molar-refractivity contribution in [2.45, 2.75) is 25.8 Å². The number of aromatic amines is 1. The van der Waals surface area contributed by atoms with Gasteiger partial charge >= 0.3 is 0 Å². The molecule has 5 nitrogen and oxygen atoms in total. The van der Waals surface area contributed by atoms with E-state index in [1.165, 1.54) is 12.3 Å². The van der Waals surface area contributed by atoms with Crippen molar-refractivity contribution >= 4 is 5.91 Å². The number of nitrogens with one attached hydrogen (secondary N) is 2. The average molecular weight is 223 g/mol. The monoisotopic (exact) mass is 223 g/mol. The molecular weight excluding hydrogens is 206 g/mol. The van der Waals surface area contributed by atoms with Crippen LogP contribution in [0.25, 0.3) is 0 Å². The van der Waals surface area contributed by atoms with Gasteiger partial charge in [-0.2, -0.15) is 0 Å². The van der Waals surface area contributed by atoms with Crippen molar-refractivity contribution in [2.75, 3.05) is 6.54 Å². The number of H-pyrrole nitrogens is 1. The second-order valence-electron chi connectivity index (χ2n) is 3.65. The van der Waals surface area contributed by atoms with E-state index in [1.54, 1.807) is 6.07 Å². The maximum absolute atomic E-state index is 11.6. The van der Waals surface area contributed by atoms with Crippen LogP contribution in [0.15, 0.2) is 23.1 Å². The van der Waals surface area contributed by atoms with Crippen LogP contribution in [0.2, 0.25) is 0 Å². The minimum absolute atomic E-state index is 0.111. The molecule has 1 rings (SSSR count). The van der Waals surface area contributed by atoms with Crippen LogP contribution in [-0.2, 0) is 0 Å². The van der Waals surface area contributed by atoms with Crippen LogP contribution in [0.3, 0.4) is 0 Å². The fourth-order valence-corrected chi connectivity index (χ4v) is 1.26. The van der Waals surface area contributed by atoms with Gasteiger partial charge in [0.1, 0.15) is 0 Å². The number of hydrogen-bond acceptors (Lipinski definition) is 3. The molecule has 0 bridgehead atoms. The van der Waals surface area contributed by atoms with E-state index in [1.807, 2.05) is 6.92 Å². The molecule has 4 N–H and O–H groups in total. The Balaban J connectivity index is 2.44. The van der Waals surface area contributed by atoms with Crippen LogP contribution in [0.1, 0.15) is 30.1 Å². The second kappa shape index (κ2) is 6.07. The summed E-state index contributed by atoms with van der Waals surface area (Å²) in [6, 6.07) is 2.95. The van der Waals surface area contributed by atoms with E-state index in [-0.39, 0.29) is 17.5 Å². The molecule has 5 heteroatoms. The highest BCUT2D eigenvalue weighted by molar-refractivity contribution is 5.93. The number of nitrogens with two attached hydrogens (primary N) is 1. The second-order valence-corrected chi connectivity index (χ2v) is 3.65. The lowest BCUT2D eigenvalue weighted by molar-refractivity contribution is 0.0952. The smallest absolute Gasteiger partial charge is 0.251 e. The van der Waals surface area contributed by atoms with Crippen LogP contribution in [0.4, 0.5) is 0 Å². The Morgan fingerprint density at radius 2 is 2.38 bits per heavy atom. The fourth-order valence-electron chi connectivity index (χ4n) is 1.26. The predicted octanol–water partition coefficient (Wildman–Crippen LogP) is 0.232. The lowest BCUT2D eigenvalue weighted by Crippen LogP contribution is -2.30. The molecule has 0 aliphatic heterocycles. The molecule has 0 fully saturated rings. The molecule has 1 unspecified atom stereocenters. The van der Waals surface area contributed by atoms with Gasteiger partial charge in [-0.05, 0) is 18.9 Å². The molecule has 1 heterocycles. The Labute approximate surface area is 94.1 Å². The van der Waals surface area contributed by atoms with Crippen molar-refractivity contribution < 1.29 is 4.79 Å². The zero-order valence-corrected chi connectivity index (χ0v) is 9.32. The van der Waals surface area contributed by atoms with Crippen molar-refractivity contribution in [3.8, 4) is 0 Å². The SMILES string of the molecule is CCC(N)CCNC(=O)c1cc[nH]c(=O)c1. The number of aromatic nitrogens is 1. The van der Waals surface area contributed by atoms with Crippen LogP contribution in [0.5, 0.6) is 0 Å². The Morgan fingerprint density at radius 3 is 3.00 bits per heavy atom. The Bertz CT molecular complexity index is 400. The largest absolute Gasteiger partial charge is 0.352 e. The molecule has 0 radical (unpaired) electrons. The third-order valence-electron chi connectivity index (χ3n) is 2.36. The van der Waals surface area contributed by atoms with Crippen molar-refractivity contribution in [1.82, 2.24) is 10.3 Å². The minimum atomic E-state index is -0.280. The van der Waals surface area contributed by atoms with Gasteiger partial charge in [0.15, 0.2) is 0 Å². The topological polar surface area (TPSA) is 88.0 Å². The Morgan fingerprint density at radius 1 is 1.62 bits per heavy atom. The number of rotatable bonds is 5. The van der Waals surface area contributed by atoms with Gasteiger partial charge in [-0.15, -0.1) is 0 Å². The summed E-state index contributed by atoms with van der Waals surface area (Å²) in [5.74, 6) is -0.241. The number of pyridine rings is 1. The molecule has 0 aliphatic carbocycles. The van der Waals surface area contributed by atoms with Gasteiger partial charge in [0, 0.05) is 30.4 Å². The molecule has 88 valence electrons. The lowest BCUT2D eigenvalue weighted by Gasteiger charge is -2.09. The number of amides is 1. The van der Waals surface area contributed by atoms with E-state index >= 15 is 0 Å². The zero-order valence-electron chi connectivity index (χ0n) is 9.32. The lowest BCUT2D eigenvalue weighted by atomic mass is 10.1. The molecule has 0 aromatic carbocycles. The third-order valence-corrected chi connectivity index (χ3v) is 2.36. The predicted molar refractivity (Wildman–Crippen MR) is 62.3 cm³/mol. The average Bonchev–Trinajstić information content (AvgIpc) is 2.28. The highest BCUT2D eigenvalue weighted by Gasteiger charge is 2.05. The van der Waals surface area contributed by atoms with E-state index in [4.69, 9.17) is 5.73 Å². The summed E-state index contributed by atoms with van der Waals surface area (Å²) in [5, 5.41) is 2.72. The van der Waals surface area contributed by atoms with E-state index in [0.29, 0.717) is 12.1 Å². The number of carbonyl (C=O) groups is 1.